The molecule has 0 atom stereocenters. The number of halogens is 2. The van der Waals surface area contributed by atoms with Gasteiger partial charge in [0, 0.05) is 29.9 Å². The Hall–Kier alpha value is -1.88. The van der Waals surface area contributed by atoms with E-state index in [9.17, 15) is 4.79 Å². The van der Waals surface area contributed by atoms with Gasteiger partial charge in [0.05, 0.1) is 41.9 Å². The zero-order valence-corrected chi connectivity index (χ0v) is 20.8. The predicted octanol–water partition coefficient (Wildman–Crippen LogP) is 4.01. The molecular weight excluding hydrogens is 516 g/mol. The molecule has 4 rings (SSSR count). The second kappa shape index (κ2) is 10.8. The Labute approximate surface area is 204 Å². The van der Waals surface area contributed by atoms with Crippen LogP contribution in [0.5, 0.6) is 0 Å². The first-order valence-electron chi connectivity index (χ1n) is 10.5. The number of nitrogens with one attached hydrogen (secondary N) is 1. The second-order valence-corrected chi connectivity index (χ2v) is 9.65. The molecule has 3 aromatic rings. The Bertz CT molecular complexity index is 1110. The van der Waals surface area contributed by atoms with Crippen LogP contribution < -0.4 is 10.2 Å². The maximum atomic E-state index is 12.5. The Balaban J connectivity index is 1.53. The van der Waals surface area contributed by atoms with Crippen LogP contribution in [0.4, 0.5) is 5.82 Å². The number of aromatic nitrogens is 4. The van der Waals surface area contributed by atoms with Crippen LogP contribution in [0, 0.1) is 0 Å². The summed E-state index contributed by atoms with van der Waals surface area (Å²) < 4.78 is 8.12. The molecule has 1 amide bonds. The number of ether oxygens (including phenoxy) is 1. The van der Waals surface area contributed by atoms with Crippen LogP contribution in [0.3, 0.4) is 0 Å². The SMILES string of the molecule is CCCSc1nc(N2CCOCC2)c2cnn(CCNC(=O)c3cc(Br)ccc3Cl)c2n1. The molecule has 1 saturated heterocycles. The highest BCUT2D eigenvalue weighted by Crippen LogP contribution is 2.28. The van der Waals surface area contributed by atoms with Crippen molar-refractivity contribution in [2.24, 2.45) is 0 Å². The van der Waals surface area contributed by atoms with Crippen molar-refractivity contribution in [3.8, 4) is 0 Å². The minimum atomic E-state index is -0.226. The zero-order valence-electron chi connectivity index (χ0n) is 17.7. The normalized spacial score (nSPS) is 14.2. The van der Waals surface area contributed by atoms with Crippen LogP contribution >= 0.6 is 39.3 Å². The van der Waals surface area contributed by atoms with Gasteiger partial charge in [0.2, 0.25) is 0 Å². The summed E-state index contributed by atoms with van der Waals surface area (Å²) in [6.07, 6.45) is 2.85. The lowest BCUT2D eigenvalue weighted by molar-refractivity contribution is 0.0952. The molecule has 3 heterocycles. The lowest BCUT2D eigenvalue weighted by atomic mass is 10.2. The second-order valence-electron chi connectivity index (χ2n) is 7.26. The van der Waals surface area contributed by atoms with Crippen LogP contribution in [-0.4, -0.2) is 64.3 Å². The number of benzene rings is 1. The van der Waals surface area contributed by atoms with Crippen LogP contribution in [0.1, 0.15) is 23.7 Å². The highest BCUT2D eigenvalue weighted by atomic mass is 79.9. The largest absolute Gasteiger partial charge is 0.378 e. The third-order valence-corrected chi connectivity index (χ3v) is 6.86. The van der Waals surface area contributed by atoms with E-state index in [1.807, 2.05) is 4.68 Å². The summed E-state index contributed by atoms with van der Waals surface area (Å²) >= 11 is 11.2. The maximum Gasteiger partial charge on any atom is 0.252 e. The molecular formula is C21H24BrClN6O2S. The van der Waals surface area contributed by atoms with Crippen molar-refractivity contribution in [2.75, 3.05) is 43.5 Å². The van der Waals surface area contributed by atoms with Crippen LogP contribution in [0.25, 0.3) is 11.0 Å². The lowest BCUT2D eigenvalue weighted by Gasteiger charge is -2.28. The number of rotatable bonds is 8. The van der Waals surface area contributed by atoms with E-state index in [1.165, 1.54) is 0 Å². The van der Waals surface area contributed by atoms with Gasteiger partial charge in [-0.2, -0.15) is 5.10 Å². The quantitative estimate of drug-likeness (QED) is 0.342. The number of carbonyl (C=O) groups excluding carboxylic acids is 1. The number of carbonyl (C=O) groups is 1. The van der Waals surface area contributed by atoms with Crippen molar-refractivity contribution in [1.29, 1.82) is 0 Å². The summed E-state index contributed by atoms with van der Waals surface area (Å²) in [5.41, 5.74) is 1.20. The topological polar surface area (TPSA) is 85.2 Å². The highest BCUT2D eigenvalue weighted by Gasteiger charge is 2.20. The number of nitrogens with zero attached hydrogens (tertiary/aromatic N) is 5. The minimum Gasteiger partial charge on any atom is -0.378 e. The summed E-state index contributed by atoms with van der Waals surface area (Å²) in [4.78, 5) is 24.4. The van der Waals surface area contributed by atoms with Crippen molar-refractivity contribution >= 4 is 62.1 Å². The molecule has 0 aliphatic carbocycles. The van der Waals surface area contributed by atoms with Crippen molar-refractivity contribution < 1.29 is 9.53 Å². The first-order chi connectivity index (χ1) is 15.6. The maximum absolute atomic E-state index is 12.5. The molecule has 2 aromatic heterocycles. The molecule has 0 radical (unpaired) electrons. The van der Waals surface area contributed by atoms with Gasteiger partial charge in [0.15, 0.2) is 10.8 Å². The molecule has 8 nitrogen and oxygen atoms in total. The van der Waals surface area contributed by atoms with E-state index in [0.717, 1.165) is 51.7 Å². The predicted molar refractivity (Wildman–Crippen MR) is 131 cm³/mol. The summed E-state index contributed by atoms with van der Waals surface area (Å²) in [6, 6.07) is 5.20. The molecule has 1 aromatic carbocycles. The Kier molecular flexibility index (Phi) is 7.88. The standard InChI is InChI=1S/C21H24BrClN6O2S/c1-2-11-32-21-26-18(28-7-9-31-10-8-28)16-13-25-29(19(16)27-21)6-5-24-20(30)15-12-14(22)3-4-17(15)23/h3-4,12-13H,2,5-11H2,1H3,(H,24,30). The van der Waals surface area contributed by atoms with E-state index in [4.69, 9.17) is 26.3 Å². The molecule has 170 valence electrons. The fraction of sp³-hybridized carbons (Fsp3) is 0.429. The number of fused-ring (bicyclic) bond motifs is 1. The number of hydrogen-bond donors (Lipinski definition) is 1. The Morgan fingerprint density at radius 1 is 1.31 bits per heavy atom. The van der Waals surface area contributed by atoms with Gasteiger partial charge in [0.1, 0.15) is 5.82 Å². The third kappa shape index (κ3) is 5.36. The fourth-order valence-corrected chi connectivity index (χ4v) is 4.65. The van der Waals surface area contributed by atoms with E-state index in [-0.39, 0.29) is 5.91 Å². The monoisotopic (exact) mass is 538 g/mol. The lowest BCUT2D eigenvalue weighted by Crippen LogP contribution is -2.37. The van der Waals surface area contributed by atoms with Gasteiger partial charge in [-0.05, 0) is 24.6 Å². The molecule has 0 spiro atoms. The number of hydrogen-bond acceptors (Lipinski definition) is 7. The average Bonchev–Trinajstić information content (AvgIpc) is 3.22. The highest BCUT2D eigenvalue weighted by molar-refractivity contribution is 9.10. The van der Waals surface area contributed by atoms with Gasteiger partial charge in [-0.25, -0.2) is 14.6 Å². The molecule has 1 N–H and O–H groups in total. The molecule has 1 aliphatic heterocycles. The summed E-state index contributed by atoms with van der Waals surface area (Å²) in [6.45, 7) is 5.96. The molecule has 32 heavy (non-hydrogen) atoms. The van der Waals surface area contributed by atoms with Gasteiger partial charge >= 0.3 is 0 Å². The zero-order chi connectivity index (χ0) is 22.5. The number of anilines is 1. The number of morpholine rings is 1. The fourth-order valence-electron chi connectivity index (χ4n) is 3.40. The van der Waals surface area contributed by atoms with Gasteiger partial charge in [0.25, 0.3) is 5.91 Å². The van der Waals surface area contributed by atoms with Crippen molar-refractivity contribution in [3.05, 3.63) is 39.5 Å². The van der Waals surface area contributed by atoms with E-state index >= 15 is 0 Å². The molecule has 0 saturated carbocycles. The molecule has 1 aliphatic rings. The Morgan fingerprint density at radius 2 is 2.12 bits per heavy atom. The van der Waals surface area contributed by atoms with E-state index in [1.54, 1.807) is 36.2 Å². The third-order valence-electron chi connectivity index (χ3n) is 4.98. The van der Waals surface area contributed by atoms with E-state index in [0.29, 0.717) is 36.9 Å². The van der Waals surface area contributed by atoms with Crippen molar-refractivity contribution in [2.45, 2.75) is 25.0 Å². The molecule has 11 heteroatoms. The van der Waals surface area contributed by atoms with E-state index in [2.05, 4.69) is 38.2 Å². The summed E-state index contributed by atoms with van der Waals surface area (Å²) in [5.74, 6) is 1.62. The van der Waals surface area contributed by atoms with Crippen LogP contribution in [0.15, 0.2) is 34.0 Å². The number of amides is 1. The van der Waals surface area contributed by atoms with Crippen molar-refractivity contribution in [1.82, 2.24) is 25.1 Å². The van der Waals surface area contributed by atoms with Crippen LogP contribution in [-0.2, 0) is 11.3 Å². The first-order valence-corrected chi connectivity index (χ1v) is 12.6. The average molecular weight is 540 g/mol. The molecule has 0 unspecified atom stereocenters. The van der Waals surface area contributed by atoms with Gasteiger partial charge in [-0.3, -0.25) is 4.79 Å². The first kappa shape index (κ1) is 23.3. The minimum absolute atomic E-state index is 0.226. The molecule has 1 fully saturated rings. The molecule has 0 bridgehead atoms. The van der Waals surface area contributed by atoms with E-state index < -0.39 is 0 Å². The summed E-state index contributed by atoms with van der Waals surface area (Å²) in [7, 11) is 0. The number of thioether (sulfide) groups is 1. The van der Waals surface area contributed by atoms with Gasteiger partial charge in [-0.15, -0.1) is 0 Å². The van der Waals surface area contributed by atoms with Crippen LogP contribution in [0.2, 0.25) is 5.02 Å². The smallest absolute Gasteiger partial charge is 0.252 e. The van der Waals surface area contributed by atoms with Gasteiger partial charge in [-0.1, -0.05) is 46.2 Å². The Morgan fingerprint density at radius 3 is 2.91 bits per heavy atom. The van der Waals surface area contributed by atoms with Crippen molar-refractivity contribution in [3.63, 3.8) is 0 Å². The van der Waals surface area contributed by atoms with Gasteiger partial charge < -0.3 is 15.0 Å². The summed E-state index contributed by atoms with van der Waals surface area (Å²) in [5, 5.41) is 9.52.